The second-order valence-electron chi connectivity index (χ2n) is 4.74. The Hall–Kier alpha value is -1.02. The van der Waals surface area contributed by atoms with Crippen molar-refractivity contribution in [2.75, 3.05) is 0 Å². The fraction of sp³-hybridized carbons (Fsp3) is 0.500. The average molecular weight is 251 g/mol. The van der Waals surface area contributed by atoms with Gasteiger partial charge in [0, 0.05) is 6.04 Å². The van der Waals surface area contributed by atoms with E-state index in [1.807, 2.05) is 6.07 Å². The van der Waals surface area contributed by atoms with E-state index in [0.717, 1.165) is 17.8 Å². The van der Waals surface area contributed by atoms with Crippen LogP contribution in [0.2, 0.25) is 0 Å². The molecular weight excluding hydrogens is 232 g/mol. The van der Waals surface area contributed by atoms with Crippen LogP contribution >= 0.6 is 11.6 Å². The minimum Gasteiger partial charge on any atom is -0.324 e. The molecule has 0 bridgehead atoms. The number of halogens is 1. The summed E-state index contributed by atoms with van der Waals surface area (Å²) in [6, 6.07) is 8.73. The van der Waals surface area contributed by atoms with Crippen molar-refractivity contribution in [1.29, 1.82) is 0 Å². The third-order valence-electron chi connectivity index (χ3n) is 3.31. The quantitative estimate of drug-likeness (QED) is 0.737. The van der Waals surface area contributed by atoms with E-state index >= 15 is 0 Å². The Labute approximate surface area is 108 Å². The van der Waals surface area contributed by atoms with Crippen LogP contribution in [-0.4, -0.2) is 9.55 Å². The molecular formula is C14H19ClN2. The molecule has 1 aromatic carbocycles. The third kappa shape index (κ3) is 2.19. The fourth-order valence-corrected chi connectivity index (χ4v) is 2.70. The van der Waals surface area contributed by atoms with Gasteiger partial charge in [-0.25, -0.2) is 4.98 Å². The number of aromatic nitrogens is 2. The number of alkyl halides is 1. The number of fused-ring (bicyclic) bond motifs is 1. The van der Waals surface area contributed by atoms with Crippen LogP contribution in [-0.2, 0) is 5.88 Å². The molecule has 0 aliphatic rings. The lowest BCUT2D eigenvalue weighted by Gasteiger charge is -2.23. The Morgan fingerprint density at radius 1 is 1.29 bits per heavy atom. The van der Waals surface area contributed by atoms with Crippen LogP contribution < -0.4 is 0 Å². The number of hydrogen-bond acceptors (Lipinski definition) is 1. The van der Waals surface area contributed by atoms with Crippen molar-refractivity contribution < 1.29 is 0 Å². The first-order valence-corrected chi connectivity index (χ1v) is 6.74. The van der Waals surface area contributed by atoms with Crippen molar-refractivity contribution in [3.63, 3.8) is 0 Å². The molecule has 2 rings (SSSR count). The van der Waals surface area contributed by atoms with E-state index in [9.17, 15) is 0 Å². The summed E-state index contributed by atoms with van der Waals surface area (Å²) in [6.45, 7) is 6.72. The fourth-order valence-electron chi connectivity index (χ4n) is 2.51. The summed E-state index contributed by atoms with van der Waals surface area (Å²) in [5.41, 5.74) is 2.24. The largest absolute Gasteiger partial charge is 0.324 e. The summed E-state index contributed by atoms with van der Waals surface area (Å²) in [6.07, 6.45) is 1.10. The summed E-state index contributed by atoms with van der Waals surface area (Å²) in [4.78, 5) is 4.61. The SMILES string of the molecule is CCC(C(C)C)n1c(CCl)nc2ccccc21. The van der Waals surface area contributed by atoms with Gasteiger partial charge in [-0.1, -0.05) is 32.9 Å². The van der Waals surface area contributed by atoms with E-state index in [1.54, 1.807) is 0 Å². The Bertz CT molecular complexity index is 502. The van der Waals surface area contributed by atoms with Gasteiger partial charge >= 0.3 is 0 Å². The molecule has 3 heteroatoms. The van der Waals surface area contributed by atoms with Gasteiger partial charge in [0.1, 0.15) is 5.82 Å². The minimum atomic E-state index is 0.469. The predicted molar refractivity (Wildman–Crippen MR) is 73.5 cm³/mol. The van der Waals surface area contributed by atoms with Crippen molar-refractivity contribution in [2.45, 2.75) is 39.1 Å². The third-order valence-corrected chi connectivity index (χ3v) is 3.55. The second kappa shape index (κ2) is 5.09. The summed E-state index contributed by atoms with van der Waals surface area (Å²) >= 11 is 6.03. The molecule has 0 aliphatic carbocycles. The van der Waals surface area contributed by atoms with E-state index < -0.39 is 0 Å². The highest BCUT2D eigenvalue weighted by molar-refractivity contribution is 6.16. The number of para-hydroxylation sites is 2. The Morgan fingerprint density at radius 3 is 2.59 bits per heavy atom. The normalized spacial score (nSPS) is 13.5. The van der Waals surface area contributed by atoms with E-state index in [0.29, 0.717) is 17.8 Å². The zero-order valence-electron chi connectivity index (χ0n) is 10.7. The van der Waals surface area contributed by atoms with Gasteiger partial charge in [0.25, 0.3) is 0 Å². The zero-order chi connectivity index (χ0) is 12.4. The molecule has 0 aliphatic heterocycles. The van der Waals surface area contributed by atoms with Crippen molar-refractivity contribution in [3.05, 3.63) is 30.1 Å². The van der Waals surface area contributed by atoms with Gasteiger partial charge < -0.3 is 4.57 Å². The molecule has 1 unspecified atom stereocenters. The van der Waals surface area contributed by atoms with Crippen molar-refractivity contribution in [1.82, 2.24) is 9.55 Å². The lowest BCUT2D eigenvalue weighted by molar-refractivity contribution is 0.367. The highest BCUT2D eigenvalue weighted by Gasteiger charge is 2.19. The summed E-state index contributed by atoms with van der Waals surface area (Å²) in [5, 5.41) is 0. The van der Waals surface area contributed by atoms with Gasteiger partial charge in [-0.05, 0) is 24.5 Å². The summed E-state index contributed by atoms with van der Waals surface area (Å²) in [5.74, 6) is 2.03. The number of rotatable bonds is 4. The second-order valence-corrected chi connectivity index (χ2v) is 5.01. The molecule has 2 aromatic rings. The van der Waals surface area contributed by atoms with Crippen LogP contribution in [0.5, 0.6) is 0 Å². The molecule has 0 saturated carbocycles. The molecule has 17 heavy (non-hydrogen) atoms. The van der Waals surface area contributed by atoms with E-state index in [-0.39, 0.29) is 0 Å². The van der Waals surface area contributed by atoms with Gasteiger partial charge in [0.2, 0.25) is 0 Å². The molecule has 0 amide bonds. The molecule has 0 spiro atoms. The van der Waals surface area contributed by atoms with Crippen LogP contribution in [0, 0.1) is 5.92 Å². The van der Waals surface area contributed by atoms with Crippen molar-refractivity contribution in [3.8, 4) is 0 Å². The maximum atomic E-state index is 6.03. The summed E-state index contributed by atoms with van der Waals surface area (Å²) in [7, 11) is 0. The Balaban J connectivity index is 2.64. The molecule has 0 saturated heterocycles. The number of imidazole rings is 1. The van der Waals surface area contributed by atoms with Crippen LogP contribution in [0.3, 0.4) is 0 Å². The molecule has 2 nitrogen and oxygen atoms in total. The standard InChI is InChI=1S/C14H19ClN2/c1-4-12(10(2)3)17-13-8-6-5-7-11(13)16-14(17)9-15/h5-8,10,12H,4,9H2,1-3H3. The predicted octanol–water partition coefficient (Wildman–Crippen LogP) is 4.38. The highest BCUT2D eigenvalue weighted by atomic mass is 35.5. The summed E-state index contributed by atoms with van der Waals surface area (Å²) < 4.78 is 2.31. The average Bonchev–Trinajstić information content (AvgIpc) is 2.69. The lowest BCUT2D eigenvalue weighted by atomic mass is 10.0. The van der Waals surface area contributed by atoms with Crippen LogP contribution in [0.15, 0.2) is 24.3 Å². The Kier molecular flexibility index (Phi) is 3.72. The number of nitrogens with zero attached hydrogens (tertiary/aromatic N) is 2. The molecule has 92 valence electrons. The van der Waals surface area contributed by atoms with Crippen LogP contribution in [0.4, 0.5) is 0 Å². The van der Waals surface area contributed by atoms with Gasteiger partial charge in [-0.3, -0.25) is 0 Å². The highest BCUT2D eigenvalue weighted by Crippen LogP contribution is 2.29. The zero-order valence-corrected chi connectivity index (χ0v) is 11.4. The number of benzene rings is 1. The lowest BCUT2D eigenvalue weighted by Crippen LogP contribution is -2.16. The molecule has 1 atom stereocenters. The van der Waals surface area contributed by atoms with Crippen LogP contribution in [0.1, 0.15) is 39.1 Å². The first-order chi connectivity index (χ1) is 8.19. The van der Waals surface area contributed by atoms with E-state index in [2.05, 4.69) is 48.5 Å². The molecule has 0 fully saturated rings. The van der Waals surface area contributed by atoms with Crippen molar-refractivity contribution in [2.24, 2.45) is 5.92 Å². The minimum absolute atomic E-state index is 0.469. The monoisotopic (exact) mass is 250 g/mol. The van der Waals surface area contributed by atoms with Gasteiger partial charge in [-0.15, -0.1) is 11.6 Å². The molecule has 1 heterocycles. The van der Waals surface area contributed by atoms with Gasteiger partial charge in [-0.2, -0.15) is 0 Å². The Morgan fingerprint density at radius 2 is 2.00 bits per heavy atom. The van der Waals surface area contributed by atoms with E-state index in [1.165, 1.54) is 5.52 Å². The maximum absolute atomic E-state index is 6.03. The first-order valence-electron chi connectivity index (χ1n) is 6.20. The molecule has 0 N–H and O–H groups in total. The maximum Gasteiger partial charge on any atom is 0.125 e. The van der Waals surface area contributed by atoms with E-state index in [4.69, 9.17) is 11.6 Å². The van der Waals surface area contributed by atoms with Gasteiger partial charge in [0.05, 0.1) is 16.9 Å². The molecule has 1 aromatic heterocycles. The van der Waals surface area contributed by atoms with Crippen molar-refractivity contribution >= 4 is 22.6 Å². The number of hydrogen-bond donors (Lipinski definition) is 0. The van der Waals surface area contributed by atoms with Gasteiger partial charge in [0.15, 0.2) is 0 Å². The van der Waals surface area contributed by atoms with Crippen LogP contribution in [0.25, 0.3) is 11.0 Å². The first kappa shape index (κ1) is 12.4. The molecule has 0 radical (unpaired) electrons. The topological polar surface area (TPSA) is 17.8 Å². The smallest absolute Gasteiger partial charge is 0.125 e.